The molecule has 0 aromatic heterocycles. The first-order valence-electron chi connectivity index (χ1n) is 6.53. The van der Waals surface area contributed by atoms with Gasteiger partial charge in [0.2, 0.25) is 15.9 Å². The molecule has 0 radical (unpaired) electrons. The third kappa shape index (κ3) is 4.84. The van der Waals surface area contributed by atoms with Gasteiger partial charge in [-0.25, -0.2) is 13.1 Å². The number of benzene rings is 2. The van der Waals surface area contributed by atoms with Gasteiger partial charge >= 0.3 is 0 Å². The van der Waals surface area contributed by atoms with Crippen molar-refractivity contribution >= 4 is 27.5 Å². The molecule has 0 unspecified atom stereocenters. The highest BCUT2D eigenvalue weighted by molar-refractivity contribution is 7.89. The normalized spacial score (nSPS) is 11.1. The van der Waals surface area contributed by atoms with Crippen LogP contribution in [0.3, 0.4) is 0 Å². The van der Waals surface area contributed by atoms with Crippen molar-refractivity contribution in [3.63, 3.8) is 0 Å². The van der Waals surface area contributed by atoms with Gasteiger partial charge in [0.25, 0.3) is 0 Å². The molecule has 0 bridgehead atoms. The van der Waals surface area contributed by atoms with E-state index in [0.717, 1.165) is 5.56 Å². The quantitative estimate of drug-likeness (QED) is 0.845. The fourth-order valence-corrected chi connectivity index (χ4v) is 2.84. The Kier molecular flexibility index (Phi) is 5.54. The van der Waals surface area contributed by atoms with Crippen LogP contribution < -0.4 is 10.0 Å². The first-order valence-corrected chi connectivity index (χ1v) is 8.39. The standard InChI is InChI=1S/C15H15ClN2O3S/c16-13-8-6-12(7-9-13)10-17-15(19)11-18-22(20,21)14-4-2-1-3-5-14/h1-9,18H,10-11H2,(H,17,19). The lowest BCUT2D eigenvalue weighted by molar-refractivity contribution is -0.120. The minimum Gasteiger partial charge on any atom is -0.351 e. The number of rotatable bonds is 6. The van der Waals surface area contributed by atoms with Crippen molar-refractivity contribution in [2.45, 2.75) is 11.4 Å². The summed E-state index contributed by atoms with van der Waals surface area (Å²) in [5.74, 6) is -0.408. The van der Waals surface area contributed by atoms with Crippen LogP contribution >= 0.6 is 11.6 Å². The molecule has 2 aromatic rings. The maximum atomic E-state index is 11.9. The average molecular weight is 339 g/mol. The Balaban J connectivity index is 1.84. The van der Waals surface area contributed by atoms with Gasteiger partial charge in [0, 0.05) is 11.6 Å². The largest absolute Gasteiger partial charge is 0.351 e. The van der Waals surface area contributed by atoms with Crippen LogP contribution in [-0.4, -0.2) is 20.9 Å². The summed E-state index contributed by atoms with van der Waals surface area (Å²) >= 11 is 5.77. The van der Waals surface area contributed by atoms with Crippen LogP contribution in [0.4, 0.5) is 0 Å². The van der Waals surface area contributed by atoms with E-state index in [4.69, 9.17) is 11.6 Å². The van der Waals surface area contributed by atoms with E-state index in [0.29, 0.717) is 11.6 Å². The molecule has 1 amide bonds. The van der Waals surface area contributed by atoms with E-state index in [1.165, 1.54) is 12.1 Å². The summed E-state index contributed by atoms with van der Waals surface area (Å²) in [7, 11) is -3.67. The molecule has 22 heavy (non-hydrogen) atoms. The summed E-state index contributed by atoms with van der Waals surface area (Å²) in [6.07, 6.45) is 0. The lowest BCUT2D eigenvalue weighted by Crippen LogP contribution is -2.36. The smallest absolute Gasteiger partial charge is 0.241 e. The Morgan fingerprint density at radius 3 is 2.27 bits per heavy atom. The zero-order valence-electron chi connectivity index (χ0n) is 11.6. The zero-order chi connectivity index (χ0) is 16.0. The summed E-state index contributed by atoms with van der Waals surface area (Å²) in [5.41, 5.74) is 0.878. The van der Waals surface area contributed by atoms with Crippen LogP contribution in [0.5, 0.6) is 0 Å². The molecule has 0 aliphatic heterocycles. The summed E-state index contributed by atoms with van der Waals surface area (Å²) in [6, 6.07) is 14.9. The first-order chi connectivity index (χ1) is 10.5. The van der Waals surface area contributed by atoms with E-state index in [1.807, 2.05) is 0 Å². The molecule has 2 rings (SSSR count). The van der Waals surface area contributed by atoms with Crippen LogP contribution in [0, 0.1) is 0 Å². The van der Waals surface area contributed by atoms with Gasteiger partial charge in [-0.05, 0) is 29.8 Å². The Labute approximate surface area is 134 Å². The molecular formula is C15H15ClN2O3S. The molecule has 2 aromatic carbocycles. The maximum Gasteiger partial charge on any atom is 0.241 e. The van der Waals surface area contributed by atoms with Crippen LogP contribution in [0.25, 0.3) is 0 Å². The van der Waals surface area contributed by atoms with Gasteiger partial charge in [0.1, 0.15) is 0 Å². The number of hydrogen-bond acceptors (Lipinski definition) is 3. The summed E-state index contributed by atoms with van der Waals surface area (Å²) < 4.78 is 26.1. The highest BCUT2D eigenvalue weighted by Crippen LogP contribution is 2.09. The van der Waals surface area contributed by atoms with Crippen LogP contribution in [-0.2, 0) is 21.4 Å². The predicted octanol–water partition coefficient (Wildman–Crippen LogP) is 1.93. The monoisotopic (exact) mass is 338 g/mol. The SMILES string of the molecule is O=C(CNS(=O)(=O)c1ccccc1)NCc1ccc(Cl)cc1. The number of carbonyl (C=O) groups is 1. The number of nitrogens with one attached hydrogen (secondary N) is 2. The number of sulfonamides is 1. The van der Waals surface area contributed by atoms with Crippen LogP contribution in [0.15, 0.2) is 59.5 Å². The van der Waals surface area contributed by atoms with Crippen LogP contribution in [0.1, 0.15) is 5.56 Å². The molecule has 0 heterocycles. The molecule has 0 aliphatic rings. The lowest BCUT2D eigenvalue weighted by Gasteiger charge is -2.08. The second-order valence-electron chi connectivity index (χ2n) is 4.54. The van der Waals surface area contributed by atoms with Gasteiger partial charge in [-0.1, -0.05) is 41.9 Å². The summed E-state index contributed by atoms with van der Waals surface area (Å²) in [6.45, 7) is -0.00607. The van der Waals surface area contributed by atoms with E-state index >= 15 is 0 Å². The number of carbonyl (C=O) groups excluding carboxylic acids is 1. The lowest BCUT2D eigenvalue weighted by atomic mass is 10.2. The van der Waals surface area contributed by atoms with Crippen molar-refractivity contribution in [2.24, 2.45) is 0 Å². The number of amides is 1. The molecule has 0 saturated heterocycles. The molecular weight excluding hydrogens is 324 g/mol. The fourth-order valence-electron chi connectivity index (χ4n) is 1.71. The van der Waals surface area contributed by atoms with E-state index in [-0.39, 0.29) is 11.4 Å². The Bertz CT molecular complexity index is 731. The second-order valence-corrected chi connectivity index (χ2v) is 6.74. The number of hydrogen-bond donors (Lipinski definition) is 2. The highest BCUT2D eigenvalue weighted by Gasteiger charge is 2.14. The van der Waals surface area contributed by atoms with Gasteiger partial charge in [-0.3, -0.25) is 4.79 Å². The number of halogens is 1. The van der Waals surface area contributed by atoms with Crippen molar-refractivity contribution in [1.82, 2.24) is 10.0 Å². The third-order valence-corrected chi connectivity index (χ3v) is 4.55. The Morgan fingerprint density at radius 1 is 1.00 bits per heavy atom. The van der Waals surface area contributed by atoms with Gasteiger partial charge in [-0.2, -0.15) is 0 Å². The van der Waals surface area contributed by atoms with Gasteiger partial charge in [0.15, 0.2) is 0 Å². The maximum absolute atomic E-state index is 11.9. The molecule has 116 valence electrons. The Hall–Kier alpha value is -1.89. The minimum atomic E-state index is -3.67. The minimum absolute atomic E-state index is 0.125. The first kappa shape index (κ1) is 16.5. The van der Waals surface area contributed by atoms with Gasteiger partial charge < -0.3 is 5.32 Å². The van der Waals surface area contributed by atoms with E-state index in [2.05, 4.69) is 10.0 Å². The average Bonchev–Trinajstić information content (AvgIpc) is 2.53. The van der Waals surface area contributed by atoms with Crippen molar-refractivity contribution in [2.75, 3.05) is 6.54 Å². The molecule has 0 atom stereocenters. The Morgan fingerprint density at radius 2 is 1.64 bits per heavy atom. The molecule has 2 N–H and O–H groups in total. The summed E-state index contributed by atoms with van der Waals surface area (Å²) in [5, 5.41) is 3.25. The summed E-state index contributed by atoms with van der Waals surface area (Å²) in [4.78, 5) is 11.8. The van der Waals surface area contributed by atoms with E-state index in [1.54, 1.807) is 42.5 Å². The molecule has 5 nitrogen and oxygen atoms in total. The van der Waals surface area contributed by atoms with Crippen molar-refractivity contribution in [1.29, 1.82) is 0 Å². The fraction of sp³-hybridized carbons (Fsp3) is 0.133. The van der Waals surface area contributed by atoms with Gasteiger partial charge in [0.05, 0.1) is 11.4 Å². The predicted molar refractivity (Wildman–Crippen MR) is 84.9 cm³/mol. The molecule has 0 fully saturated rings. The molecule has 0 saturated carbocycles. The molecule has 0 aliphatic carbocycles. The molecule has 0 spiro atoms. The highest BCUT2D eigenvalue weighted by atomic mass is 35.5. The van der Waals surface area contributed by atoms with E-state index in [9.17, 15) is 13.2 Å². The molecule has 7 heteroatoms. The van der Waals surface area contributed by atoms with Crippen molar-refractivity contribution in [3.8, 4) is 0 Å². The zero-order valence-corrected chi connectivity index (χ0v) is 13.2. The van der Waals surface area contributed by atoms with Crippen molar-refractivity contribution in [3.05, 3.63) is 65.2 Å². The van der Waals surface area contributed by atoms with Crippen molar-refractivity contribution < 1.29 is 13.2 Å². The topological polar surface area (TPSA) is 75.3 Å². The second kappa shape index (κ2) is 7.40. The third-order valence-electron chi connectivity index (χ3n) is 2.88. The van der Waals surface area contributed by atoms with Gasteiger partial charge in [-0.15, -0.1) is 0 Å². The van der Waals surface area contributed by atoms with Crippen LogP contribution in [0.2, 0.25) is 5.02 Å². The van der Waals surface area contributed by atoms with E-state index < -0.39 is 15.9 Å².